The van der Waals surface area contributed by atoms with E-state index in [1.165, 1.54) is 7.11 Å². The predicted octanol–water partition coefficient (Wildman–Crippen LogP) is 2.30. The number of hydrogen-bond acceptors (Lipinski definition) is 6. The topological polar surface area (TPSA) is 73.9 Å². The number of nitrogens with one attached hydrogen (secondary N) is 1. The van der Waals surface area contributed by atoms with Crippen LogP contribution in [0.2, 0.25) is 0 Å². The first kappa shape index (κ1) is 17.8. The summed E-state index contributed by atoms with van der Waals surface area (Å²) >= 11 is 0. The first-order valence-corrected chi connectivity index (χ1v) is 6.97. The molecule has 1 rings (SSSR count). The van der Waals surface area contributed by atoms with Crippen LogP contribution >= 0.6 is 0 Å². The molecule has 0 spiro atoms. The number of carbonyl (C=O) groups excluding carboxylic acids is 2. The summed E-state index contributed by atoms with van der Waals surface area (Å²) in [6.07, 6.45) is 0. The molecule has 122 valence electrons. The third-order valence-corrected chi connectivity index (χ3v) is 2.63. The van der Waals surface area contributed by atoms with Gasteiger partial charge < -0.3 is 19.5 Å². The molecule has 1 aromatic rings. The van der Waals surface area contributed by atoms with Crippen LogP contribution in [0.15, 0.2) is 18.2 Å². The van der Waals surface area contributed by atoms with Crippen LogP contribution in [0.4, 0.5) is 5.69 Å². The molecular formula is C16H23NO5. The van der Waals surface area contributed by atoms with Crippen molar-refractivity contribution in [3.05, 3.63) is 23.8 Å². The van der Waals surface area contributed by atoms with Crippen molar-refractivity contribution in [2.24, 2.45) is 0 Å². The van der Waals surface area contributed by atoms with E-state index >= 15 is 0 Å². The summed E-state index contributed by atoms with van der Waals surface area (Å²) in [6.45, 7) is 7.23. The van der Waals surface area contributed by atoms with E-state index in [-0.39, 0.29) is 19.1 Å². The average Bonchev–Trinajstić information content (AvgIpc) is 2.41. The number of esters is 2. The van der Waals surface area contributed by atoms with Crippen molar-refractivity contribution in [1.29, 1.82) is 0 Å². The minimum Gasteiger partial charge on any atom is -0.482 e. The van der Waals surface area contributed by atoms with Gasteiger partial charge in [0.05, 0.1) is 7.11 Å². The van der Waals surface area contributed by atoms with Crippen molar-refractivity contribution in [3.8, 4) is 5.75 Å². The lowest BCUT2D eigenvalue weighted by atomic mass is 10.2. The van der Waals surface area contributed by atoms with E-state index in [0.29, 0.717) is 5.75 Å². The Balaban J connectivity index is 2.55. The Morgan fingerprint density at radius 3 is 2.41 bits per heavy atom. The highest BCUT2D eigenvalue weighted by molar-refractivity contribution is 5.75. The van der Waals surface area contributed by atoms with Gasteiger partial charge in [-0.2, -0.15) is 0 Å². The number of carbonyl (C=O) groups is 2. The molecule has 6 heteroatoms. The Kier molecular flexibility index (Phi) is 6.22. The van der Waals surface area contributed by atoms with Gasteiger partial charge >= 0.3 is 11.9 Å². The first-order chi connectivity index (χ1) is 10.2. The highest BCUT2D eigenvalue weighted by Crippen LogP contribution is 2.21. The second-order valence-corrected chi connectivity index (χ2v) is 5.78. The molecule has 0 amide bonds. The molecule has 0 saturated carbocycles. The van der Waals surface area contributed by atoms with Crippen LogP contribution in [0.1, 0.15) is 26.3 Å². The Bertz CT molecular complexity index is 534. The van der Waals surface area contributed by atoms with Gasteiger partial charge in [0, 0.05) is 5.69 Å². The quantitative estimate of drug-likeness (QED) is 0.813. The normalized spacial score (nSPS) is 10.8. The molecule has 6 nitrogen and oxygen atoms in total. The van der Waals surface area contributed by atoms with Gasteiger partial charge in [-0.1, -0.05) is 0 Å². The lowest BCUT2D eigenvalue weighted by Gasteiger charge is -2.19. The fraction of sp³-hybridized carbons (Fsp3) is 0.500. The number of ether oxygens (including phenoxy) is 3. The average molecular weight is 309 g/mol. The summed E-state index contributed by atoms with van der Waals surface area (Å²) in [6, 6.07) is 5.28. The Hall–Kier alpha value is -2.24. The zero-order valence-corrected chi connectivity index (χ0v) is 13.7. The third kappa shape index (κ3) is 6.47. The molecular weight excluding hydrogens is 286 g/mol. The molecule has 0 fully saturated rings. The predicted molar refractivity (Wildman–Crippen MR) is 83.0 cm³/mol. The van der Waals surface area contributed by atoms with Crippen molar-refractivity contribution in [3.63, 3.8) is 0 Å². The lowest BCUT2D eigenvalue weighted by Crippen LogP contribution is -2.27. The number of benzene rings is 1. The van der Waals surface area contributed by atoms with E-state index in [1.54, 1.807) is 39.0 Å². The summed E-state index contributed by atoms with van der Waals surface area (Å²) in [4.78, 5) is 22.7. The van der Waals surface area contributed by atoms with Gasteiger partial charge in [0.1, 0.15) is 17.9 Å². The van der Waals surface area contributed by atoms with Crippen molar-refractivity contribution < 1.29 is 23.8 Å². The fourth-order valence-electron chi connectivity index (χ4n) is 1.68. The summed E-state index contributed by atoms with van der Waals surface area (Å²) < 4.78 is 15.1. The van der Waals surface area contributed by atoms with Crippen molar-refractivity contribution >= 4 is 17.6 Å². The monoisotopic (exact) mass is 309 g/mol. The SMILES string of the molecule is COC(=O)CNc1ccc(OCC(=O)OC(C)(C)C)cc1C. The van der Waals surface area contributed by atoms with Crippen molar-refractivity contribution in [2.45, 2.75) is 33.3 Å². The highest BCUT2D eigenvalue weighted by Gasteiger charge is 2.16. The Morgan fingerprint density at radius 2 is 1.86 bits per heavy atom. The van der Waals surface area contributed by atoms with Gasteiger partial charge in [-0.25, -0.2) is 4.79 Å². The van der Waals surface area contributed by atoms with E-state index in [0.717, 1.165) is 11.3 Å². The molecule has 22 heavy (non-hydrogen) atoms. The summed E-state index contributed by atoms with van der Waals surface area (Å²) in [5.74, 6) is -0.199. The largest absolute Gasteiger partial charge is 0.482 e. The zero-order chi connectivity index (χ0) is 16.8. The molecule has 1 aromatic carbocycles. The summed E-state index contributed by atoms with van der Waals surface area (Å²) in [5, 5.41) is 2.97. The maximum absolute atomic E-state index is 11.6. The van der Waals surface area contributed by atoms with Crippen LogP contribution in [-0.2, 0) is 19.1 Å². The maximum atomic E-state index is 11.6. The van der Waals surface area contributed by atoms with Crippen LogP contribution < -0.4 is 10.1 Å². The Labute approximate surface area is 130 Å². The molecule has 0 heterocycles. The molecule has 0 aliphatic rings. The van der Waals surface area contributed by atoms with Gasteiger partial charge in [-0.3, -0.25) is 4.79 Å². The van der Waals surface area contributed by atoms with Crippen LogP contribution in [0.3, 0.4) is 0 Å². The third-order valence-electron chi connectivity index (χ3n) is 2.63. The summed E-state index contributed by atoms with van der Waals surface area (Å²) in [7, 11) is 1.34. The lowest BCUT2D eigenvalue weighted by molar-refractivity contribution is -0.157. The molecule has 0 radical (unpaired) electrons. The highest BCUT2D eigenvalue weighted by atomic mass is 16.6. The molecule has 0 aliphatic heterocycles. The molecule has 0 bridgehead atoms. The van der Waals surface area contributed by atoms with Crippen LogP contribution in [0.25, 0.3) is 0 Å². The molecule has 0 aromatic heterocycles. The van der Waals surface area contributed by atoms with Gasteiger partial charge in [0.2, 0.25) is 0 Å². The van der Waals surface area contributed by atoms with Gasteiger partial charge in [0.15, 0.2) is 6.61 Å². The first-order valence-electron chi connectivity index (χ1n) is 6.97. The number of aryl methyl sites for hydroxylation is 1. The van der Waals surface area contributed by atoms with Crippen molar-refractivity contribution in [1.82, 2.24) is 0 Å². The molecule has 1 N–H and O–H groups in total. The minimum atomic E-state index is -0.530. The molecule has 0 saturated heterocycles. The van der Waals surface area contributed by atoms with E-state index in [1.807, 2.05) is 6.92 Å². The molecule has 0 unspecified atom stereocenters. The van der Waals surface area contributed by atoms with E-state index in [2.05, 4.69) is 10.1 Å². The molecule has 0 aliphatic carbocycles. The number of hydrogen-bond donors (Lipinski definition) is 1. The second-order valence-electron chi connectivity index (χ2n) is 5.78. The molecule has 0 atom stereocenters. The van der Waals surface area contributed by atoms with Gasteiger partial charge in [0.25, 0.3) is 0 Å². The van der Waals surface area contributed by atoms with E-state index in [4.69, 9.17) is 9.47 Å². The Morgan fingerprint density at radius 1 is 1.18 bits per heavy atom. The standard InChI is InChI=1S/C16H23NO5/c1-11-8-12(21-10-15(19)22-16(2,3)4)6-7-13(11)17-9-14(18)20-5/h6-8,17H,9-10H2,1-5H3. The van der Waals surface area contributed by atoms with E-state index in [9.17, 15) is 9.59 Å². The zero-order valence-electron chi connectivity index (χ0n) is 13.7. The van der Waals surface area contributed by atoms with Gasteiger partial charge in [-0.15, -0.1) is 0 Å². The van der Waals surface area contributed by atoms with Gasteiger partial charge in [-0.05, 0) is 51.5 Å². The van der Waals surface area contributed by atoms with Crippen molar-refractivity contribution in [2.75, 3.05) is 25.6 Å². The second kappa shape index (κ2) is 7.68. The summed E-state index contributed by atoms with van der Waals surface area (Å²) in [5.41, 5.74) is 1.17. The number of methoxy groups -OCH3 is 1. The maximum Gasteiger partial charge on any atom is 0.344 e. The number of rotatable bonds is 6. The minimum absolute atomic E-state index is 0.0927. The smallest absolute Gasteiger partial charge is 0.344 e. The van der Waals surface area contributed by atoms with E-state index < -0.39 is 11.6 Å². The van der Waals surface area contributed by atoms with Crippen LogP contribution in [-0.4, -0.2) is 37.8 Å². The number of anilines is 1. The van der Waals surface area contributed by atoms with Crippen LogP contribution in [0.5, 0.6) is 5.75 Å². The van der Waals surface area contributed by atoms with Crippen LogP contribution in [0, 0.1) is 6.92 Å². The fourth-order valence-corrected chi connectivity index (χ4v) is 1.68.